The number of amides is 2. The fourth-order valence-corrected chi connectivity index (χ4v) is 2.29. The van der Waals surface area contributed by atoms with Gasteiger partial charge in [0.25, 0.3) is 5.91 Å². The molecule has 0 atom stereocenters. The second-order valence-electron chi connectivity index (χ2n) is 5.17. The fourth-order valence-electron chi connectivity index (χ4n) is 1.99. The lowest BCUT2D eigenvalue weighted by Gasteiger charge is -2.36. The molecule has 0 aliphatic heterocycles. The summed E-state index contributed by atoms with van der Waals surface area (Å²) in [5.41, 5.74) is -0.446. The van der Waals surface area contributed by atoms with Crippen LogP contribution in [0, 0.1) is 0 Å². The monoisotopic (exact) mass is 330 g/mol. The first-order valence-electron chi connectivity index (χ1n) is 6.62. The van der Waals surface area contributed by atoms with Crippen molar-refractivity contribution in [3.63, 3.8) is 0 Å². The van der Waals surface area contributed by atoms with Crippen molar-refractivity contribution in [3.8, 4) is 0 Å². The van der Waals surface area contributed by atoms with Gasteiger partial charge in [-0.25, -0.2) is 0 Å². The van der Waals surface area contributed by atoms with Gasteiger partial charge in [-0.3, -0.25) is 9.59 Å². The smallest absolute Gasteiger partial charge is 0.251 e. The average Bonchev–Trinajstić information content (AvgIpc) is 2.43. The number of benzene rings is 1. The summed E-state index contributed by atoms with van der Waals surface area (Å²) in [7, 11) is 0. The van der Waals surface area contributed by atoms with Crippen molar-refractivity contribution in [3.05, 3.63) is 33.8 Å². The van der Waals surface area contributed by atoms with Gasteiger partial charge in [0.15, 0.2) is 0 Å². The van der Waals surface area contributed by atoms with E-state index in [0.29, 0.717) is 23.4 Å². The molecule has 0 spiro atoms. The van der Waals surface area contributed by atoms with E-state index in [-0.39, 0.29) is 24.0 Å². The van der Waals surface area contributed by atoms with Crippen molar-refractivity contribution >= 4 is 35.0 Å². The topological polar surface area (TPSA) is 78.4 Å². The van der Waals surface area contributed by atoms with Gasteiger partial charge in [-0.1, -0.05) is 23.2 Å². The van der Waals surface area contributed by atoms with Crippen molar-refractivity contribution in [2.75, 3.05) is 13.1 Å². The summed E-state index contributed by atoms with van der Waals surface area (Å²) >= 11 is 11.6. The van der Waals surface area contributed by atoms with Crippen molar-refractivity contribution < 1.29 is 14.7 Å². The standard InChI is InChI=1S/C14H16Cl2N2O3/c15-10-3-2-9(6-11(10)16)13(20)17-7-12(19)18-8-14(21)4-1-5-14/h2-3,6,21H,1,4-5,7-8H2,(H,17,20)(H,18,19). The minimum Gasteiger partial charge on any atom is -0.388 e. The van der Waals surface area contributed by atoms with Crippen molar-refractivity contribution in [1.82, 2.24) is 10.6 Å². The summed E-state index contributed by atoms with van der Waals surface area (Å²) in [4.78, 5) is 23.4. The Balaban J connectivity index is 1.77. The highest BCUT2D eigenvalue weighted by Gasteiger charge is 2.34. The van der Waals surface area contributed by atoms with Crippen LogP contribution in [0.3, 0.4) is 0 Å². The lowest BCUT2D eigenvalue weighted by molar-refractivity contribution is -0.122. The molecule has 0 saturated heterocycles. The summed E-state index contributed by atoms with van der Waals surface area (Å²) in [6.45, 7) is 0.0592. The first kappa shape index (κ1) is 16.1. The van der Waals surface area contributed by atoms with Crippen LogP contribution in [-0.4, -0.2) is 35.6 Å². The van der Waals surface area contributed by atoms with E-state index < -0.39 is 11.5 Å². The van der Waals surface area contributed by atoms with Gasteiger partial charge in [-0.2, -0.15) is 0 Å². The average molecular weight is 331 g/mol. The fraction of sp³-hybridized carbons (Fsp3) is 0.429. The lowest BCUT2D eigenvalue weighted by atomic mass is 9.80. The third-order valence-electron chi connectivity index (χ3n) is 3.49. The molecule has 1 saturated carbocycles. The predicted molar refractivity (Wildman–Crippen MR) is 80.6 cm³/mol. The zero-order chi connectivity index (χ0) is 15.5. The molecule has 2 amide bonds. The highest BCUT2D eigenvalue weighted by molar-refractivity contribution is 6.42. The molecule has 1 fully saturated rings. The van der Waals surface area contributed by atoms with E-state index in [1.54, 1.807) is 0 Å². The van der Waals surface area contributed by atoms with Crippen LogP contribution in [0.25, 0.3) is 0 Å². The molecular formula is C14H16Cl2N2O3. The molecule has 7 heteroatoms. The Morgan fingerprint density at radius 2 is 1.90 bits per heavy atom. The van der Waals surface area contributed by atoms with E-state index in [1.807, 2.05) is 0 Å². The summed E-state index contributed by atoms with van der Waals surface area (Å²) in [6.07, 6.45) is 2.37. The van der Waals surface area contributed by atoms with E-state index in [2.05, 4.69) is 10.6 Å². The number of hydrogen-bond acceptors (Lipinski definition) is 3. The summed E-state index contributed by atoms with van der Waals surface area (Å²) in [5, 5.41) is 15.6. The Hall–Kier alpha value is -1.30. The Morgan fingerprint density at radius 1 is 1.19 bits per heavy atom. The van der Waals surface area contributed by atoms with Crippen LogP contribution in [0.2, 0.25) is 10.0 Å². The van der Waals surface area contributed by atoms with Crippen LogP contribution in [-0.2, 0) is 4.79 Å². The molecule has 1 aliphatic rings. The second kappa shape index (κ2) is 6.64. The van der Waals surface area contributed by atoms with E-state index >= 15 is 0 Å². The molecule has 3 N–H and O–H groups in total. The van der Waals surface area contributed by atoms with Crippen LogP contribution < -0.4 is 10.6 Å². The molecule has 1 aromatic carbocycles. The van der Waals surface area contributed by atoms with Gasteiger partial charge in [-0.15, -0.1) is 0 Å². The maximum Gasteiger partial charge on any atom is 0.251 e. The molecule has 1 aliphatic carbocycles. The molecule has 5 nitrogen and oxygen atoms in total. The number of rotatable bonds is 5. The summed E-state index contributed by atoms with van der Waals surface area (Å²) in [6, 6.07) is 4.48. The molecule has 1 aromatic rings. The van der Waals surface area contributed by atoms with Crippen molar-refractivity contribution in [2.45, 2.75) is 24.9 Å². The largest absolute Gasteiger partial charge is 0.388 e. The molecule has 21 heavy (non-hydrogen) atoms. The van der Waals surface area contributed by atoms with E-state index in [9.17, 15) is 14.7 Å². The Bertz CT molecular complexity index is 559. The Morgan fingerprint density at radius 3 is 2.48 bits per heavy atom. The minimum absolute atomic E-state index is 0.158. The first-order valence-corrected chi connectivity index (χ1v) is 7.38. The SMILES string of the molecule is O=C(CNC(=O)c1ccc(Cl)c(Cl)c1)NCC1(O)CCC1. The van der Waals surface area contributed by atoms with Gasteiger partial charge >= 0.3 is 0 Å². The van der Waals surface area contributed by atoms with Gasteiger partial charge < -0.3 is 15.7 Å². The van der Waals surface area contributed by atoms with Crippen LogP contribution in [0.1, 0.15) is 29.6 Å². The molecule has 2 rings (SSSR count). The number of halogens is 2. The summed E-state index contributed by atoms with van der Waals surface area (Å²) < 4.78 is 0. The molecule has 0 radical (unpaired) electrons. The molecule has 0 aromatic heterocycles. The summed E-state index contributed by atoms with van der Waals surface area (Å²) in [5.74, 6) is -0.755. The molecule has 0 unspecified atom stereocenters. The third kappa shape index (κ3) is 4.33. The highest BCUT2D eigenvalue weighted by Crippen LogP contribution is 2.30. The number of hydrogen-bond donors (Lipinski definition) is 3. The zero-order valence-corrected chi connectivity index (χ0v) is 12.8. The number of carbonyl (C=O) groups excluding carboxylic acids is 2. The van der Waals surface area contributed by atoms with Crippen LogP contribution in [0.4, 0.5) is 0 Å². The number of carbonyl (C=O) groups is 2. The zero-order valence-electron chi connectivity index (χ0n) is 11.3. The van der Waals surface area contributed by atoms with E-state index in [4.69, 9.17) is 23.2 Å². The van der Waals surface area contributed by atoms with Crippen LogP contribution in [0.5, 0.6) is 0 Å². The normalized spacial score (nSPS) is 16.0. The van der Waals surface area contributed by atoms with Gasteiger partial charge in [0, 0.05) is 12.1 Å². The molecular weight excluding hydrogens is 315 g/mol. The Labute approximate surface area is 132 Å². The predicted octanol–water partition coefficient (Wildman–Crippen LogP) is 1.75. The van der Waals surface area contributed by atoms with Gasteiger partial charge in [-0.05, 0) is 37.5 Å². The Kier molecular flexibility index (Phi) is 5.08. The third-order valence-corrected chi connectivity index (χ3v) is 4.23. The number of aliphatic hydroxyl groups is 1. The highest BCUT2D eigenvalue weighted by atomic mass is 35.5. The maximum absolute atomic E-state index is 11.8. The molecule has 0 bridgehead atoms. The quantitative estimate of drug-likeness (QED) is 0.769. The van der Waals surface area contributed by atoms with Crippen LogP contribution >= 0.6 is 23.2 Å². The van der Waals surface area contributed by atoms with Crippen molar-refractivity contribution in [2.24, 2.45) is 0 Å². The van der Waals surface area contributed by atoms with Gasteiger partial charge in [0.2, 0.25) is 5.91 Å². The van der Waals surface area contributed by atoms with E-state index in [1.165, 1.54) is 18.2 Å². The number of nitrogens with one attached hydrogen (secondary N) is 2. The first-order chi connectivity index (χ1) is 9.89. The lowest BCUT2D eigenvalue weighted by Crippen LogP contribution is -2.49. The second-order valence-corrected chi connectivity index (χ2v) is 5.98. The van der Waals surface area contributed by atoms with Gasteiger partial charge in [0.05, 0.1) is 22.2 Å². The van der Waals surface area contributed by atoms with Crippen LogP contribution in [0.15, 0.2) is 18.2 Å². The van der Waals surface area contributed by atoms with E-state index in [0.717, 1.165) is 6.42 Å². The van der Waals surface area contributed by atoms with Gasteiger partial charge in [0.1, 0.15) is 0 Å². The maximum atomic E-state index is 11.8. The minimum atomic E-state index is -0.774. The molecule has 0 heterocycles. The molecule has 114 valence electrons. The van der Waals surface area contributed by atoms with Crippen molar-refractivity contribution in [1.29, 1.82) is 0 Å².